The average Bonchev–Trinajstić information content (AvgIpc) is 3.21. The van der Waals surface area contributed by atoms with E-state index in [9.17, 15) is 22.8 Å². The van der Waals surface area contributed by atoms with Gasteiger partial charge in [-0.2, -0.15) is 13.2 Å². The van der Waals surface area contributed by atoms with Crippen LogP contribution < -0.4 is 4.74 Å². The molecule has 0 radical (unpaired) electrons. The van der Waals surface area contributed by atoms with Crippen LogP contribution in [0.4, 0.5) is 13.2 Å². The van der Waals surface area contributed by atoms with Gasteiger partial charge in [-0.05, 0) is 36.4 Å². The largest absolute Gasteiger partial charge is 0.497 e. The number of nitrogens with zero attached hydrogens (tertiary/aromatic N) is 2. The number of aromatic nitrogens is 1. The molecule has 0 aliphatic carbocycles. The fourth-order valence-corrected chi connectivity index (χ4v) is 3.64. The molecule has 0 unspecified atom stereocenters. The number of alkyl halides is 3. The number of halogens is 3. The van der Waals surface area contributed by atoms with Crippen LogP contribution in [-0.4, -0.2) is 59.9 Å². The Morgan fingerprint density at radius 2 is 1.61 bits per heavy atom. The smallest absolute Gasteiger partial charge is 0.416 e. The van der Waals surface area contributed by atoms with Gasteiger partial charge in [0.1, 0.15) is 11.4 Å². The molecular weight excluding hydrogens is 411 g/mol. The molecular formula is C22H20F3N3O3. The third-order valence-electron chi connectivity index (χ3n) is 5.35. The summed E-state index contributed by atoms with van der Waals surface area (Å²) in [6, 6.07) is 11.6. The molecule has 31 heavy (non-hydrogen) atoms. The second-order valence-electron chi connectivity index (χ2n) is 7.30. The van der Waals surface area contributed by atoms with Crippen LogP contribution >= 0.6 is 0 Å². The van der Waals surface area contributed by atoms with Crippen molar-refractivity contribution in [1.29, 1.82) is 0 Å². The zero-order chi connectivity index (χ0) is 22.2. The van der Waals surface area contributed by atoms with Crippen molar-refractivity contribution in [3.63, 3.8) is 0 Å². The van der Waals surface area contributed by atoms with Gasteiger partial charge in [-0.15, -0.1) is 0 Å². The van der Waals surface area contributed by atoms with E-state index in [4.69, 9.17) is 4.74 Å². The number of ether oxygens (including phenoxy) is 1. The zero-order valence-corrected chi connectivity index (χ0v) is 16.7. The van der Waals surface area contributed by atoms with Crippen molar-refractivity contribution in [3.05, 3.63) is 65.4 Å². The van der Waals surface area contributed by atoms with Crippen LogP contribution in [0.25, 0.3) is 10.9 Å². The summed E-state index contributed by atoms with van der Waals surface area (Å²) in [7, 11) is 1.57. The first-order valence-corrected chi connectivity index (χ1v) is 9.69. The lowest BCUT2D eigenvalue weighted by Gasteiger charge is -2.34. The molecule has 1 saturated heterocycles. The number of amides is 2. The predicted molar refractivity (Wildman–Crippen MR) is 108 cm³/mol. The Kier molecular flexibility index (Phi) is 5.34. The Bertz CT molecular complexity index is 1130. The van der Waals surface area contributed by atoms with Gasteiger partial charge in [-0.25, -0.2) is 0 Å². The monoisotopic (exact) mass is 431 g/mol. The molecule has 0 saturated carbocycles. The van der Waals surface area contributed by atoms with Crippen LogP contribution in [0.15, 0.2) is 48.5 Å². The maximum absolute atomic E-state index is 12.9. The molecule has 0 bridgehead atoms. The molecule has 6 nitrogen and oxygen atoms in total. The van der Waals surface area contributed by atoms with Crippen molar-refractivity contribution in [2.24, 2.45) is 0 Å². The van der Waals surface area contributed by atoms with E-state index in [0.717, 1.165) is 23.0 Å². The number of piperazine rings is 1. The Labute approximate surface area is 176 Å². The van der Waals surface area contributed by atoms with Crippen LogP contribution in [0.3, 0.4) is 0 Å². The lowest BCUT2D eigenvalue weighted by Crippen LogP contribution is -2.50. The molecule has 162 valence electrons. The lowest BCUT2D eigenvalue weighted by atomic mass is 10.1. The van der Waals surface area contributed by atoms with Gasteiger partial charge in [0, 0.05) is 48.7 Å². The molecule has 1 N–H and O–H groups in total. The first-order chi connectivity index (χ1) is 14.8. The van der Waals surface area contributed by atoms with Gasteiger partial charge < -0.3 is 19.5 Å². The second kappa shape index (κ2) is 7.98. The van der Waals surface area contributed by atoms with Gasteiger partial charge in [0.15, 0.2) is 0 Å². The number of rotatable bonds is 3. The molecule has 4 rings (SSSR count). The Hall–Kier alpha value is -3.49. The minimum Gasteiger partial charge on any atom is -0.497 e. The van der Waals surface area contributed by atoms with E-state index in [1.807, 2.05) is 12.1 Å². The van der Waals surface area contributed by atoms with Gasteiger partial charge in [-0.1, -0.05) is 6.07 Å². The number of carbonyl (C=O) groups is 2. The molecule has 1 aliphatic rings. The van der Waals surface area contributed by atoms with Crippen molar-refractivity contribution < 1.29 is 27.5 Å². The normalized spacial score (nSPS) is 14.7. The summed E-state index contributed by atoms with van der Waals surface area (Å²) in [5, 5.41) is 0.877. The maximum Gasteiger partial charge on any atom is 0.416 e. The summed E-state index contributed by atoms with van der Waals surface area (Å²) < 4.78 is 43.9. The Morgan fingerprint density at radius 3 is 2.26 bits per heavy atom. The molecule has 1 aliphatic heterocycles. The van der Waals surface area contributed by atoms with E-state index in [0.29, 0.717) is 24.5 Å². The lowest BCUT2D eigenvalue weighted by molar-refractivity contribution is -0.137. The number of hydrogen-bond acceptors (Lipinski definition) is 3. The van der Waals surface area contributed by atoms with Crippen molar-refractivity contribution >= 4 is 22.7 Å². The van der Waals surface area contributed by atoms with Crippen LogP contribution in [-0.2, 0) is 6.18 Å². The fraction of sp³-hybridized carbons (Fsp3) is 0.273. The van der Waals surface area contributed by atoms with E-state index in [2.05, 4.69) is 4.98 Å². The maximum atomic E-state index is 12.9. The van der Waals surface area contributed by atoms with Gasteiger partial charge in [0.25, 0.3) is 11.8 Å². The number of benzene rings is 2. The van der Waals surface area contributed by atoms with Gasteiger partial charge in [0.05, 0.1) is 12.7 Å². The van der Waals surface area contributed by atoms with E-state index in [-0.39, 0.29) is 24.6 Å². The van der Waals surface area contributed by atoms with E-state index < -0.39 is 17.6 Å². The molecule has 9 heteroatoms. The van der Waals surface area contributed by atoms with Crippen LogP contribution in [0.5, 0.6) is 5.75 Å². The number of carbonyl (C=O) groups excluding carboxylic acids is 2. The Morgan fingerprint density at radius 1 is 0.935 bits per heavy atom. The summed E-state index contributed by atoms with van der Waals surface area (Å²) in [6.45, 7) is 1.08. The van der Waals surface area contributed by atoms with Crippen molar-refractivity contribution in [3.8, 4) is 5.75 Å². The molecule has 1 aromatic heterocycles. The van der Waals surface area contributed by atoms with E-state index in [1.165, 1.54) is 17.0 Å². The van der Waals surface area contributed by atoms with Crippen LogP contribution in [0.1, 0.15) is 26.4 Å². The number of hydrogen-bond donors (Lipinski definition) is 1. The zero-order valence-electron chi connectivity index (χ0n) is 16.7. The molecule has 0 spiro atoms. The summed E-state index contributed by atoms with van der Waals surface area (Å²) >= 11 is 0. The quantitative estimate of drug-likeness (QED) is 0.686. The highest BCUT2D eigenvalue weighted by Gasteiger charge is 2.32. The first kappa shape index (κ1) is 20.8. The number of H-pyrrole nitrogens is 1. The molecule has 1 fully saturated rings. The van der Waals surface area contributed by atoms with Gasteiger partial charge in [0.2, 0.25) is 0 Å². The number of nitrogens with one attached hydrogen (secondary N) is 1. The standard InChI is InChI=1S/C22H20F3N3O3/c1-31-17-6-5-14-12-19(26-18(14)13-17)21(30)28-9-7-27(8-10-28)20(29)15-3-2-4-16(11-15)22(23,24)25/h2-6,11-13,26H,7-10H2,1H3. The van der Waals surface area contributed by atoms with Crippen LogP contribution in [0.2, 0.25) is 0 Å². The molecule has 2 heterocycles. The van der Waals surface area contributed by atoms with Crippen molar-refractivity contribution in [2.75, 3.05) is 33.3 Å². The molecule has 2 amide bonds. The minimum absolute atomic E-state index is 0.0147. The average molecular weight is 431 g/mol. The number of fused-ring (bicyclic) bond motifs is 1. The highest BCUT2D eigenvalue weighted by molar-refractivity contribution is 5.99. The number of methoxy groups -OCH3 is 1. The van der Waals surface area contributed by atoms with Gasteiger partial charge in [-0.3, -0.25) is 9.59 Å². The fourth-order valence-electron chi connectivity index (χ4n) is 3.64. The summed E-state index contributed by atoms with van der Waals surface area (Å²) in [5.41, 5.74) is 0.337. The van der Waals surface area contributed by atoms with Crippen molar-refractivity contribution in [1.82, 2.24) is 14.8 Å². The molecule has 2 aromatic carbocycles. The molecule has 0 atom stereocenters. The first-order valence-electron chi connectivity index (χ1n) is 9.69. The molecule has 3 aromatic rings. The highest BCUT2D eigenvalue weighted by Crippen LogP contribution is 2.30. The van der Waals surface area contributed by atoms with Crippen LogP contribution in [0, 0.1) is 0 Å². The summed E-state index contributed by atoms with van der Waals surface area (Å²) in [4.78, 5) is 31.7. The van der Waals surface area contributed by atoms with E-state index in [1.54, 1.807) is 24.1 Å². The van der Waals surface area contributed by atoms with Crippen molar-refractivity contribution in [2.45, 2.75) is 6.18 Å². The minimum atomic E-state index is -4.51. The van der Waals surface area contributed by atoms with Gasteiger partial charge >= 0.3 is 6.18 Å². The van der Waals surface area contributed by atoms with E-state index >= 15 is 0 Å². The highest BCUT2D eigenvalue weighted by atomic mass is 19.4. The third-order valence-corrected chi connectivity index (χ3v) is 5.35. The second-order valence-corrected chi connectivity index (χ2v) is 7.30. The summed E-state index contributed by atoms with van der Waals surface area (Å²) in [5.74, 6) is 0.00677. The third kappa shape index (κ3) is 4.21. The summed E-state index contributed by atoms with van der Waals surface area (Å²) in [6.07, 6.45) is -4.51. The number of aromatic amines is 1. The Balaban J connectivity index is 1.42. The SMILES string of the molecule is COc1ccc2cc(C(=O)N3CCN(C(=O)c4cccc(C(F)(F)F)c4)CC3)[nH]c2c1. The predicted octanol–water partition coefficient (Wildman–Crippen LogP) is 3.79. The topological polar surface area (TPSA) is 65.6 Å².